The lowest BCUT2D eigenvalue weighted by atomic mass is 9.72. The van der Waals surface area contributed by atoms with E-state index >= 15 is 0 Å². The van der Waals surface area contributed by atoms with Crippen LogP contribution in [0.1, 0.15) is 51.0 Å². The Balaban J connectivity index is 1.79. The van der Waals surface area contributed by atoms with E-state index in [1.165, 1.54) is 49.8 Å². The summed E-state index contributed by atoms with van der Waals surface area (Å²) in [4.78, 5) is 2.49. The van der Waals surface area contributed by atoms with Crippen LogP contribution in [-0.2, 0) is 6.42 Å². The number of aryl methyl sites for hydroxylation is 1. The van der Waals surface area contributed by atoms with E-state index in [4.69, 9.17) is 5.73 Å². The molecule has 0 bridgehead atoms. The fraction of sp³-hybridized carbons (Fsp3) is 0.684. The highest BCUT2D eigenvalue weighted by Crippen LogP contribution is 2.48. The monoisotopic (exact) mass is 286 g/mol. The minimum atomic E-state index is 0.180. The maximum Gasteiger partial charge on any atom is 0.0523 e. The molecule has 2 nitrogen and oxygen atoms in total. The Morgan fingerprint density at radius 1 is 1.14 bits per heavy atom. The summed E-state index contributed by atoms with van der Waals surface area (Å²) in [6.45, 7) is 2.99. The molecule has 2 fully saturated rings. The summed E-state index contributed by atoms with van der Waals surface area (Å²) < 4.78 is 0. The number of hydrogen-bond acceptors (Lipinski definition) is 2. The quantitative estimate of drug-likeness (QED) is 0.887. The van der Waals surface area contributed by atoms with Crippen molar-refractivity contribution >= 4 is 5.69 Å². The summed E-state index contributed by atoms with van der Waals surface area (Å²) in [5.41, 5.74) is 9.19. The van der Waals surface area contributed by atoms with Crippen molar-refractivity contribution < 1.29 is 0 Å². The predicted molar refractivity (Wildman–Crippen MR) is 90.7 cm³/mol. The van der Waals surface area contributed by atoms with Crippen LogP contribution in [0.25, 0.3) is 0 Å². The number of hydrogen-bond donors (Lipinski definition) is 1. The summed E-state index contributed by atoms with van der Waals surface area (Å²) in [5.74, 6) is 1.92. The van der Waals surface area contributed by atoms with Crippen molar-refractivity contribution in [1.82, 2.24) is 0 Å². The molecule has 2 atom stereocenters. The molecule has 0 heterocycles. The lowest BCUT2D eigenvalue weighted by molar-refractivity contribution is 0.204. The van der Waals surface area contributed by atoms with Crippen LogP contribution >= 0.6 is 0 Å². The number of anilines is 1. The zero-order valence-electron chi connectivity index (χ0n) is 13.6. The first-order chi connectivity index (χ1) is 10.2. The molecule has 2 unspecified atom stereocenters. The number of likely N-dealkylation sites (N-methyl/N-ethyl adjacent to an activating group) is 1. The average molecular weight is 286 g/mol. The van der Waals surface area contributed by atoms with Crippen molar-refractivity contribution in [2.75, 3.05) is 18.5 Å². The van der Waals surface area contributed by atoms with E-state index < -0.39 is 0 Å². The van der Waals surface area contributed by atoms with Gasteiger partial charge in [0.2, 0.25) is 0 Å². The van der Waals surface area contributed by atoms with Gasteiger partial charge in [-0.2, -0.15) is 0 Å². The van der Waals surface area contributed by atoms with E-state index in [-0.39, 0.29) is 5.54 Å². The van der Waals surface area contributed by atoms with Gasteiger partial charge in [0.25, 0.3) is 0 Å². The Morgan fingerprint density at radius 3 is 2.43 bits per heavy atom. The molecule has 1 aromatic rings. The standard InChI is InChI=1S/C19H30N2/c1-3-15-6-10-18(11-7-15)21(2)19(14-20)12-4-5-17(13-19)16-8-9-16/h6-7,10-11,16-17H,3-5,8-9,12-14,20H2,1-2H3. The van der Waals surface area contributed by atoms with Crippen LogP contribution in [0, 0.1) is 11.8 Å². The fourth-order valence-electron chi connectivity index (χ4n) is 4.21. The first-order valence-electron chi connectivity index (χ1n) is 8.71. The smallest absolute Gasteiger partial charge is 0.0523 e. The van der Waals surface area contributed by atoms with Gasteiger partial charge in [-0.25, -0.2) is 0 Å². The van der Waals surface area contributed by atoms with Crippen LogP contribution in [0.4, 0.5) is 5.69 Å². The van der Waals surface area contributed by atoms with Crippen LogP contribution < -0.4 is 10.6 Å². The van der Waals surface area contributed by atoms with Crippen molar-refractivity contribution in [2.24, 2.45) is 17.6 Å². The summed E-state index contributed by atoms with van der Waals surface area (Å²) in [5, 5.41) is 0. The first-order valence-corrected chi connectivity index (χ1v) is 8.71. The van der Waals surface area contributed by atoms with Crippen LogP contribution in [0.2, 0.25) is 0 Å². The van der Waals surface area contributed by atoms with Crippen LogP contribution in [0.5, 0.6) is 0 Å². The van der Waals surface area contributed by atoms with Gasteiger partial charge in [0, 0.05) is 19.3 Å². The van der Waals surface area contributed by atoms with Gasteiger partial charge >= 0.3 is 0 Å². The normalized spacial score (nSPS) is 29.4. The van der Waals surface area contributed by atoms with Crippen LogP contribution in [0.3, 0.4) is 0 Å². The minimum absolute atomic E-state index is 0.180. The summed E-state index contributed by atoms with van der Waals surface area (Å²) >= 11 is 0. The first kappa shape index (κ1) is 14.9. The molecule has 2 heteroatoms. The van der Waals surface area contributed by atoms with Crippen LogP contribution in [0.15, 0.2) is 24.3 Å². The molecule has 0 aliphatic heterocycles. The topological polar surface area (TPSA) is 29.3 Å². The van der Waals surface area contributed by atoms with Crippen molar-refractivity contribution in [2.45, 2.75) is 57.4 Å². The van der Waals surface area contributed by atoms with E-state index in [0.29, 0.717) is 0 Å². The fourth-order valence-corrected chi connectivity index (χ4v) is 4.21. The number of nitrogens with zero attached hydrogens (tertiary/aromatic N) is 1. The van der Waals surface area contributed by atoms with Gasteiger partial charge in [0.05, 0.1) is 5.54 Å². The van der Waals surface area contributed by atoms with Gasteiger partial charge in [-0.3, -0.25) is 0 Å². The molecule has 0 aromatic heterocycles. The molecule has 116 valence electrons. The lowest BCUT2D eigenvalue weighted by Crippen LogP contribution is -2.55. The molecule has 2 N–H and O–H groups in total. The highest BCUT2D eigenvalue weighted by Gasteiger charge is 2.43. The number of benzene rings is 1. The molecule has 0 amide bonds. The van der Waals surface area contributed by atoms with E-state index in [1.54, 1.807) is 0 Å². The molecular formula is C19H30N2. The molecule has 0 saturated heterocycles. The molecule has 2 aliphatic carbocycles. The zero-order chi connectivity index (χ0) is 14.9. The van der Waals surface area contributed by atoms with Gasteiger partial charge in [-0.15, -0.1) is 0 Å². The van der Waals surface area contributed by atoms with Crippen molar-refractivity contribution in [1.29, 1.82) is 0 Å². The second-order valence-electron chi connectivity index (χ2n) is 7.20. The van der Waals surface area contributed by atoms with Gasteiger partial charge < -0.3 is 10.6 Å². The third-order valence-electron chi connectivity index (χ3n) is 5.97. The zero-order valence-corrected chi connectivity index (χ0v) is 13.6. The summed E-state index contributed by atoms with van der Waals surface area (Å²) in [6.07, 6.45) is 9.33. The van der Waals surface area contributed by atoms with Crippen molar-refractivity contribution in [3.63, 3.8) is 0 Å². The molecular weight excluding hydrogens is 256 g/mol. The SMILES string of the molecule is CCc1ccc(N(C)C2(CN)CCCC(C3CC3)C2)cc1. The van der Waals surface area contributed by atoms with Crippen molar-refractivity contribution in [3.05, 3.63) is 29.8 Å². The number of nitrogens with two attached hydrogens (primary N) is 1. The Kier molecular flexibility index (Phi) is 4.26. The van der Waals surface area contributed by atoms with E-state index in [1.807, 2.05) is 0 Å². The van der Waals surface area contributed by atoms with Gasteiger partial charge in [0.1, 0.15) is 0 Å². The number of rotatable bonds is 5. The third-order valence-corrected chi connectivity index (χ3v) is 5.97. The summed E-state index contributed by atoms with van der Waals surface area (Å²) in [7, 11) is 2.25. The van der Waals surface area contributed by atoms with Crippen LogP contribution in [-0.4, -0.2) is 19.1 Å². The largest absolute Gasteiger partial charge is 0.368 e. The maximum absolute atomic E-state index is 6.27. The molecule has 2 saturated carbocycles. The van der Waals surface area contributed by atoms with E-state index in [0.717, 1.165) is 24.8 Å². The average Bonchev–Trinajstić information content (AvgIpc) is 3.39. The molecule has 0 spiro atoms. The van der Waals surface area contributed by atoms with Crippen molar-refractivity contribution in [3.8, 4) is 0 Å². The minimum Gasteiger partial charge on any atom is -0.368 e. The highest BCUT2D eigenvalue weighted by atomic mass is 15.2. The third kappa shape index (κ3) is 2.96. The Labute approximate surface area is 129 Å². The molecule has 2 aliphatic rings. The summed E-state index contributed by atoms with van der Waals surface area (Å²) in [6, 6.07) is 9.07. The molecule has 0 radical (unpaired) electrons. The second kappa shape index (κ2) is 6.00. The second-order valence-corrected chi connectivity index (χ2v) is 7.20. The highest BCUT2D eigenvalue weighted by molar-refractivity contribution is 5.50. The Morgan fingerprint density at radius 2 is 1.86 bits per heavy atom. The van der Waals surface area contributed by atoms with E-state index in [2.05, 4.69) is 43.1 Å². The Hall–Kier alpha value is -1.02. The molecule has 3 rings (SSSR count). The molecule has 21 heavy (non-hydrogen) atoms. The Bertz CT molecular complexity index is 463. The maximum atomic E-state index is 6.27. The molecule has 1 aromatic carbocycles. The predicted octanol–water partition coefficient (Wildman–Crippen LogP) is 3.98. The van der Waals surface area contributed by atoms with Gasteiger partial charge in [-0.1, -0.05) is 31.9 Å². The van der Waals surface area contributed by atoms with Gasteiger partial charge in [-0.05, 0) is 61.6 Å². The van der Waals surface area contributed by atoms with Gasteiger partial charge in [0.15, 0.2) is 0 Å². The van der Waals surface area contributed by atoms with E-state index in [9.17, 15) is 0 Å². The lowest BCUT2D eigenvalue weighted by Gasteiger charge is -2.48.